The average molecular weight is 636 g/mol. The highest BCUT2D eigenvalue weighted by atomic mass is 16.2. The Morgan fingerprint density at radius 1 is 0.422 bits per heavy atom. The van der Waals surface area contributed by atoms with Crippen LogP contribution in [0.4, 0.5) is 0 Å². The lowest BCUT2D eigenvalue weighted by atomic mass is 10.0. The Bertz CT molecular complexity index is 566. The van der Waals surface area contributed by atoms with E-state index in [1.165, 1.54) is 172 Å². The topological polar surface area (TPSA) is 75.4 Å². The number of carbonyl (C=O) groups excluding carboxylic acids is 2. The molecule has 0 spiro atoms. The quantitative estimate of drug-likeness (QED) is 0.0666. The zero-order valence-electron chi connectivity index (χ0n) is 30.8. The van der Waals surface area contributed by atoms with Crippen molar-refractivity contribution in [2.24, 2.45) is 5.73 Å². The number of nitrogens with one attached hydrogen (secondary N) is 1. The number of imide groups is 1. The van der Waals surface area contributed by atoms with Crippen LogP contribution in [0.2, 0.25) is 0 Å². The first kappa shape index (κ1) is 44.1. The molecule has 5 heteroatoms. The smallest absolute Gasteiger partial charge is 0.229 e. The van der Waals surface area contributed by atoms with Crippen LogP contribution in [-0.4, -0.2) is 42.9 Å². The van der Waals surface area contributed by atoms with Crippen LogP contribution in [0.25, 0.3) is 0 Å². The zero-order chi connectivity index (χ0) is 32.9. The van der Waals surface area contributed by atoms with Gasteiger partial charge in [-0.25, -0.2) is 0 Å². The molecule has 0 rings (SSSR count). The SMILES string of the molecule is CCCCCCCCCCCCCCCCCC(=O)N(CCNCCN)C(=O)CCCCCCCCCCCCCCCCC. The van der Waals surface area contributed by atoms with Crippen molar-refractivity contribution < 1.29 is 9.59 Å². The molecular formula is C40H81N3O2. The summed E-state index contributed by atoms with van der Waals surface area (Å²) in [6.45, 7) is 6.95. The van der Waals surface area contributed by atoms with Gasteiger partial charge in [-0.3, -0.25) is 14.5 Å². The van der Waals surface area contributed by atoms with E-state index in [9.17, 15) is 9.59 Å². The molecule has 0 aromatic heterocycles. The second kappa shape index (κ2) is 37.5. The molecule has 268 valence electrons. The second-order valence-electron chi connectivity index (χ2n) is 13.9. The molecule has 0 heterocycles. The summed E-state index contributed by atoms with van der Waals surface area (Å²) in [5.41, 5.74) is 5.60. The number of amides is 2. The number of nitrogens with zero attached hydrogens (tertiary/aromatic N) is 1. The molecule has 0 unspecified atom stereocenters. The van der Waals surface area contributed by atoms with Gasteiger partial charge in [-0.05, 0) is 12.8 Å². The molecule has 0 radical (unpaired) electrons. The average Bonchev–Trinajstić information content (AvgIpc) is 3.04. The normalized spacial score (nSPS) is 11.4. The van der Waals surface area contributed by atoms with Crippen molar-refractivity contribution in [2.75, 3.05) is 26.2 Å². The third-order valence-electron chi connectivity index (χ3n) is 9.42. The predicted molar refractivity (Wildman–Crippen MR) is 198 cm³/mol. The predicted octanol–water partition coefficient (Wildman–Crippen LogP) is 11.4. The maximum absolute atomic E-state index is 13.0. The van der Waals surface area contributed by atoms with Gasteiger partial charge in [0.2, 0.25) is 11.8 Å². The Morgan fingerprint density at radius 3 is 0.956 bits per heavy atom. The molecule has 0 aliphatic rings. The minimum atomic E-state index is 0.0187. The van der Waals surface area contributed by atoms with Crippen LogP contribution >= 0.6 is 0 Å². The van der Waals surface area contributed by atoms with Gasteiger partial charge in [-0.2, -0.15) is 0 Å². The number of hydrogen-bond acceptors (Lipinski definition) is 4. The molecule has 0 bridgehead atoms. The molecule has 3 N–H and O–H groups in total. The van der Waals surface area contributed by atoms with Gasteiger partial charge >= 0.3 is 0 Å². The van der Waals surface area contributed by atoms with Crippen LogP contribution in [0.3, 0.4) is 0 Å². The van der Waals surface area contributed by atoms with Crippen molar-refractivity contribution in [2.45, 2.75) is 219 Å². The monoisotopic (exact) mass is 636 g/mol. The fourth-order valence-corrected chi connectivity index (χ4v) is 6.37. The van der Waals surface area contributed by atoms with E-state index in [2.05, 4.69) is 19.2 Å². The van der Waals surface area contributed by atoms with Gasteiger partial charge in [0, 0.05) is 39.0 Å². The highest BCUT2D eigenvalue weighted by molar-refractivity contribution is 5.95. The standard InChI is InChI=1S/C40H81N3O2/c1-3-5-7-9-11-13-15-17-19-21-23-25-27-29-31-33-39(44)43(38-37-42-36-35-41)40(45)34-32-30-28-26-24-22-20-18-16-14-12-10-8-6-4-2/h42H,3-38,41H2,1-2H3. The van der Waals surface area contributed by atoms with Gasteiger partial charge in [-0.1, -0.05) is 194 Å². The minimum absolute atomic E-state index is 0.0187. The molecule has 0 atom stereocenters. The number of unbranched alkanes of at least 4 members (excludes halogenated alkanes) is 28. The van der Waals surface area contributed by atoms with Crippen molar-refractivity contribution in [3.63, 3.8) is 0 Å². The summed E-state index contributed by atoms with van der Waals surface area (Å²) in [5, 5.41) is 3.25. The van der Waals surface area contributed by atoms with E-state index < -0.39 is 0 Å². The Labute approximate surface area is 282 Å². The lowest BCUT2D eigenvalue weighted by Gasteiger charge is -2.21. The van der Waals surface area contributed by atoms with Crippen LogP contribution in [0, 0.1) is 0 Å². The van der Waals surface area contributed by atoms with Crippen molar-refractivity contribution in [3.8, 4) is 0 Å². The first-order valence-electron chi connectivity index (χ1n) is 20.4. The number of hydrogen-bond donors (Lipinski definition) is 2. The van der Waals surface area contributed by atoms with Crippen LogP contribution in [0.15, 0.2) is 0 Å². The summed E-state index contributed by atoms with van der Waals surface area (Å²) in [5.74, 6) is 0.0374. The molecule has 0 aromatic rings. The maximum Gasteiger partial charge on any atom is 0.229 e. The van der Waals surface area contributed by atoms with Crippen LogP contribution in [0.1, 0.15) is 219 Å². The van der Waals surface area contributed by atoms with Gasteiger partial charge in [0.1, 0.15) is 0 Å². The number of rotatable bonds is 37. The lowest BCUT2D eigenvalue weighted by molar-refractivity contribution is -0.145. The highest BCUT2D eigenvalue weighted by Crippen LogP contribution is 2.16. The first-order chi connectivity index (χ1) is 22.2. The Morgan fingerprint density at radius 2 is 0.689 bits per heavy atom. The van der Waals surface area contributed by atoms with Gasteiger partial charge < -0.3 is 11.1 Å². The summed E-state index contributed by atoms with van der Waals surface area (Å²) in [7, 11) is 0. The van der Waals surface area contributed by atoms with Gasteiger partial charge in [0.25, 0.3) is 0 Å². The first-order valence-corrected chi connectivity index (χ1v) is 20.4. The van der Waals surface area contributed by atoms with Gasteiger partial charge in [-0.15, -0.1) is 0 Å². The van der Waals surface area contributed by atoms with E-state index >= 15 is 0 Å². The Balaban J connectivity index is 3.89. The van der Waals surface area contributed by atoms with E-state index in [-0.39, 0.29) is 11.8 Å². The number of carbonyl (C=O) groups is 2. The van der Waals surface area contributed by atoms with Crippen molar-refractivity contribution in [1.29, 1.82) is 0 Å². The van der Waals surface area contributed by atoms with E-state index in [0.29, 0.717) is 39.0 Å². The third-order valence-corrected chi connectivity index (χ3v) is 9.42. The summed E-state index contributed by atoms with van der Waals surface area (Å²) in [4.78, 5) is 27.5. The molecule has 0 saturated heterocycles. The van der Waals surface area contributed by atoms with E-state index in [1.54, 1.807) is 0 Å². The maximum atomic E-state index is 13.0. The fraction of sp³-hybridized carbons (Fsp3) is 0.950. The number of nitrogens with two attached hydrogens (primary N) is 1. The second-order valence-corrected chi connectivity index (χ2v) is 13.9. The molecule has 5 nitrogen and oxygen atoms in total. The van der Waals surface area contributed by atoms with E-state index in [0.717, 1.165) is 25.7 Å². The fourth-order valence-electron chi connectivity index (χ4n) is 6.37. The van der Waals surface area contributed by atoms with Gasteiger partial charge in [0.05, 0.1) is 0 Å². The summed E-state index contributed by atoms with van der Waals surface area (Å²) >= 11 is 0. The van der Waals surface area contributed by atoms with Crippen molar-refractivity contribution in [3.05, 3.63) is 0 Å². The molecule has 0 aromatic carbocycles. The third kappa shape index (κ3) is 32.8. The Hall–Kier alpha value is -0.940. The molecule has 0 fully saturated rings. The Kier molecular flexibility index (Phi) is 36.7. The molecule has 0 aliphatic heterocycles. The molecule has 2 amide bonds. The largest absolute Gasteiger partial charge is 0.329 e. The van der Waals surface area contributed by atoms with E-state index in [4.69, 9.17) is 5.73 Å². The summed E-state index contributed by atoms with van der Waals surface area (Å²) < 4.78 is 0. The van der Waals surface area contributed by atoms with Gasteiger partial charge in [0.15, 0.2) is 0 Å². The van der Waals surface area contributed by atoms with Crippen molar-refractivity contribution >= 4 is 11.8 Å². The molecular weight excluding hydrogens is 554 g/mol. The summed E-state index contributed by atoms with van der Waals surface area (Å²) in [6, 6.07) is 0. The lowest BCUT2D eigenvalue weighted by Crippen LogP contribution is -2.41. The zero-order valence-corrected chi connectivity index (χ0v) is 30.8. The van der Waals surface area contributed by atoms with Crippen molar-refractivity contribution in [1.82, 2.24) is 10.2 Å². The van der Waals surface area contributed by atoms with Crippen LogP contribution in [-0.2, 0) is 9.59 Å². The molecule has 0 saturated carbocycles. The minimum Gasteiger partial charge on any atom is -0.329 e. The van der Waals surface area contributed by atoms with E-state index in [1.807, 2.05) is 0 Å². The molecule has 0 aliphatic carbocycles. The molecule has 45 heavy (non-hydrogen) atoms. The van der Waals surface area contributed by atoms with Crippen LogP contribution < -0.4 is 11.1 Å². The highest BCUT2D eigenvalue weighted by Gasteiger charge is 2.20. The van der Waals surface area contributed by atoms with Crippen LogP contribution in [0.5, 0.6) is 0 Å². The summed E-state index contributed by atoms with van der Waals surface area (Å²) in [6.07, 6.45) is 40.5.